The number of hydrogen-bond acceptors (Lipinski definition) is 2. The average molecular weight is 255 g/mol. The summed E-state index contributed by atoms with van der Waals surface area (Å²) in [5.74, 6) is 0. The Morgan fingerprint density at radius 2 is 2.00 bits per heavy atom. The average Bonchev–Trinajstić information content (AvgIpc) is 2.69. The maximum absolute atomic E-state index is 6.23. The molecule has 2 rings (SSSR count). The van der Waals surface area contributed by atoms with E-state index in [1.165, 1.54) is 10.4 Å². The minimum atomic E-state index is 0.885. The lowest BCUT2D eigenvalue weighted by Gasteiger charge is -2.00. The molecule has 0 spiro atoms. The highest BCUT2D eigenvalue weighted by atomic mass is 32.1. The van der Waals surface area contributed by atoms with Crippen LogP contribution in [0.5, 0.6) is 0 Å². The van der Waals surface area contributed by atoms with E-state index in [0.717, 1.165) is 22.5 Å². The Kier molecular flexibility index (Phi) is 4.00. The van der Waals surface area contributed by atoms with Gasteiger partial charge in [-0.3, -0.25) is 0 Å². The van der Waals surface area contributed by atoms with Gasteiger partial charge in [-0.05, 0) is 12.5 Å². The zero-order valence-corrected chi connectivity index (χ0v) is 11.3. The van der Waals surface area contributed by atoms with Gasteiger partial charge in [-0.2, -0.15) is 0 Å². The summed E-state index contributed by atoms with van der Waals surface area (Å²) in [6.07, 6.45) is 6.83. The van der Waals surface area contributed by atoms with Gasteiger partial charge in [0, 0.05) is 21.7 Å². The molecule has 1 aromatic carbocycles. The molecule has 92 valence electrons. The summed E-state index contributed by atoms with van der Waals surface area (Å²) in [7, 11) is 0. The van der Waals surface area contributed by atoms with Crippen LogP contribution in [-0.4, -0.2) is 0 Å². The Hall–Kier alpha value is -1.80. The van der Waals surface area contributed by atoms with Crippen LogP contribution in [-0.2, 0) is 6.42 Å². The van der Waals surface area contributed by atoms with Gasteiger partial charge in [0.05, 0.1) is 5.69 Å². The summed E-state index contributed by atoms with van der Waals surface area (Å²) >= 11 is 1.73. The summed E-state index contributed by atoms with van der Waals surface area (Å²) in [5.41, 5.74) is 9.50. The third kappa shape index (κ3) is 2.54. The Balaban J connectivity index is 2.37. The second-order valence-corrected chi connectivity index (χ2v) is 5.22. The zero-order chi connectivity index (χ0) is 13.0. The van der Waals surface area contributed by atoms with Crippen LogP contribution in [0.1, 0.15) is 27.8 Å². The molecule has 0 atom stereocenters. The van der Waals surface area contributed by atoms with Crippen molar-refractivity contribution in [2.24, 2.45) is 0 Å². The van der Waals surface area contributed by atoms with E-state index >= 15 is 0 Å². The molecular formula is C16H17NS. The van der Waals surface area contributed by atoms with Crippen LogP contribution in [0, 0.1) is 0 Å². The van der Waals surface area contributed by atoms with Gasteiger partial charge in [0.2, 0.25) is 0 Å². The Morgan fingerprint density at radius 1 is 1.28 bits per heavy atom. The predicted molar refractivity (Wildman–Crippen MR) is 82.8 cm³/mol. The van der Waals surface area contributed by atoms with E-state index in [4.69, 9.17) is 5.73 Å². The van der Waals surface area contributed by atoms with Crippen LogP contribution in [0.4, 0.5) is 5.69 Å². The van der Waals surface area contributed by atoms with E-state index in [2.05, 4.69) is 36.9 Å². The van der Waals surface area contributed by atoms with Gasteiger partial charge in [-0.25, -0.2) is 0 Å². The molecule has 0 aliphatic rings. The van der Waals surface area contributed by atoms with Crippen molar-refractivity contribution < 1.29 is 0 Å². The third-order valence-electron chi connectivity index (χ3n) is 2.82. The number of hydrogen-bond donors (Lipinski definition) is 1. The van der Waals surface area contributed by atoms with E-state index in [1.807, 2.05) is 25.1 Å². The lowest BCUT2D eigenvalue weighted by Crippen LogP contribution is -1.92. The van der Waals surface area contributed by atoms with Crippen LogP contribution < -0.4 is 5.73 Å². The number of nitrogen functional groups attached to an aromatic ring is 1. The molecule has 1 aromatic heterocycles. The smallest absolute Gasteiger partial charge is 0.0538 e. The Labute approximate surface area is 112 Å². The first-order chi connectivity index (χ1) is 8.76. The highest BCUT2D eigenvalue weighted by Crippen LogP contribution is 2.34. The summed E-state index contributed by atoms with van der Waals surface area (Å²) in [6.45, 7) is 5.86. The van der Waals surface area contributed by atoms with Gasteiger partial charge in [0.15, 0.2) is 0 Å². The normalized spacial score (nSPS) is 10.9. The van der Waals surface area contributed by atoms with Gasteiger partial charge >= 0.3 is 0 Å². The van der Waals surface area contributed by atoms with Crippen LogP contribution in [0.2, 0.25) is 0 Å². The fourth-order valence-corrected chi connectivity index (χ4v) is 3.02. The van der Waals surface area contributed by atoms with Crippen molar-refractivity contribution in [1.29, 1.82) is 0 Å². The molecule has 0 saturated heterocycles. The van der Waals surface area contributed by atoms with Crippen molar-refractivity contribution in [3.8, 4) is 0 Å². The second kappa shape index (κ2) is 5.69. The fourth-order valence-electron chi connectivity index (χ4n) is 1.93. The highest BCUT2D eigenvalue weighted by molar-refractivity contribution is 7.13. The molecule has 2 aromatic rings. The van der Waals surface area contributed by atoms with Crippen molar-refractivity contribution in [1.82, 2.24) is 0 Å². The van der Waals surface area contributed by atoms with Gasteiger partial charge in [0.1, 0.15) is 0 Å². The minimum Gasteiger partial charge on any atom is -0.397 e. The molecule has 0 aliphatic carbocycles. The Bertz CT molecular complexity index is 564. The lowest BCUT2D eigenvalue weighted by atomic mass is 10.1. The topological polar surface area (TPSA) is 26.0 Å². The van der Waals surface area contributed by atoms with E-state index in [1.54, 1.807) is 11.3 Å². The predicted octanol–water partition coefficient (Wildman–Crippen LogP) is 4.60. The molecular weight excluding hydrogens is 238 g/mol. The van der Waals surface area contributed by atoms with Gasteiger partial charge in [-0.15, -0.1) is 11.3 Å². The van der Waals surface area contributed by atoms with E-state index in [-0.39, 0.29) is 0 Å². The molecule has 0 aliphatic heterocycles. The maximum atomic E-state index is 6.23. The molecule has 0 unspecified atom stereocenters. The lowest BCUT2D eigenvalue weighted by molar-refractivity contribution is 1.24. The zero-order valence-electron chi connectivity index (χ0n) is 10.5. The van der Waals surface area contributed by atoms with Crippen LogP contribution in [0.15, 0.2) is 43.0 Å². The number of benzene rings is 1. The van der Waals surface area contributed by atoms with Crippen molar-refractivity contribution in [3.05, 3.63) is 63.9 Å². The molecule has 1 heterocycles. The molecule has 0 fully saturated rings. The Morgan fingerprint density at radius 3 is 2.61 bits per heavy atom. The van der Waals surface area contributed by atoms with Gasteiger partial charge < -0.3 is 5.73 Å². The van der Waals surface area contributed by atoms with E-state index < -0.39 is 0 Å². The van der Waals surface area contributed by atoms with Crippen LogP contribution >= 0.6 is 11.3 Å². The van der Waals surface area contributed by atoms with E-state index in [0.29, 0.717) is 0 Å². The fraction of sp³-hybridized carbons (Fsp3) is 0.125. The van der Waals surface area contributed by atoms with Crippen molar-refractivity contribution in [2.75, 3.05) is 5.73 Å². The van der Waals surface area contributed by atoms with E-state index in [9.17, 15) is 0 Å². The molecule has 0 amide bonds. The number of allylic oxidation sites excluding steroid dienone is 1. The first-order valence-electron chi connectivity index (χ1n) is 5.96. The number of rotatable bonds is 4. The van der Waals surface area contributed by atoms with Crippen LogP contribution in [0.3, 0.4) is 0 Å². The maximum Gasteiger partial charge on any atom is 0.0538 e. The number of thiophene rings is 1. The molecule has 2 N–H and O–H groups in total. The van der Waals surface area contributed by atoms with Crippen molar-refractivity contribution in [2.45, 2.75) is 13.3 Å². The summed E-state index contributed by atoms with van der Waals surface area (Å²) < 4.78 is 0. The molecule has 18 heavy (non-hydrogen) atoms. The highest BCUT2D eigenvalue weighted by Gasteiger charge is 2.11. The molecule has 2 heteroatoms. The number of nitrogens with two attached hydrogens (primary N) is 1. The molecule has 1 nitrogen and oxygen atoms in total. The summed E-state index contributed by atoms with van der Waals surface area (Å²) in [5, 5.41) is 0. The summed E-state index contributed by atoms with van der Waals surface area (Å²) in [6, 6.07) is 10.4. The van der Waals surface area contributed by atoms with Crippen molar-refractivity contribution in [3.63, 3.8) is 0 Å². The second-order valence-electron chi connectivity index (χ2n) is 4.08. The standard InChI is InChI=1S/C16H17NS/c1-3-8-13-14(4-2)18-15(16(13)17)11-12-9-6-5-7-10-12/h3-10H,2,11,17H2,1H3/b8-3-. The SMILES string of the molecule is C=Cc1sc(Cc2ccccc2)c(N)c1/C=C\C. The van der Waals surface area contributed by atoms with Gasteiger partial charge in [-0.1, -0.05) is 55.1 Å². The van der Waals surface area contributed by atoms with Gasteiger partial charge in [0.25, 0.3) is 0 Å². The summed E-state index contributed by atoms with van der Waals surface area (Å²) in [4.78, 5) is 2.36. The minimum absolute atomic E-state index is 0.885. The third-order valence-corrected chi connectivity index (χ3v) is 4.03. The monoisotopic (exact) mass is 255 g/mol. The quantitative estimate of drug-likeness (QED) is 0.849. The largest absolute Gasteiger partial charge is 0.397 e. The molecule has 0 bridgehead atoms. The number of anilines is 1. The first-order valence-corrected chi connectivity index (χ1v) is 6.78. The van der Waals surface area contributed by atoms with Crippen molar-refractivity contribution >= 4 is 29.2 Å². The van der Waals surface area contributed by atoms with Crippen LogP contribution in [0.25, 0.3) is 12.2 Å². The molecule has 0 saturated carbocycles. The first kappa shape index (κ1) is 12.7. The molecule has 0 radical (unpaired) electrons.